The van der Waals surface area contributed by atoms with Gasteiger partial charge < -0.3 is 29.7 Å². The molecule has 1 atom stereocenters. The van der Waals surface area contributed by atoms with Gasteiger partial charge in [0.05, 0.1) is 19.8 Å². The number of anilines is 1. The Morgan fingerprint density at radius 1 is 1.11 bits per heavy atom. The minimum Gasteiger partial charge on any atom is -0.444 e. The zero-order valence-corrected chi connectivity index (χ0v) is 20.7. The van der Waals surface area contributed by atoms with Crippen molar-refractivity contribution in [2.45, 2.75) is 51.8 Å². The maximum Gasteiger partial charge on any atom is 0.407 e. The molecule has 3 rings (SSSR count). The number of alkyl carbamates (subject to hydrolysis) is 1. The monoisotopic (exact) mass is 504 g/mol. The third-order valence-electron chi connectivity index (χ3n) is 5.38. The lowest BCUT2D eigenvalue weighted by Crippen LogP contribution is -2.52. The fourth-order valence-corrected chi connectivity index (χ4v) is 3.81. The number of imide groups is 1. The summed E-state index contributed by atoms with van der Waals surface area (Å²) in [6, 6.07) is 4.25. The van der Waals surface area contributed by atoms with E-state index in [1.165, 1.54) is 4.90 Å². The number of nitrogens with zero attached hydrogens (tertiary/aromatic N) is 1. The van der Waals surface area contributed by atoms with E-state index in [0.29, 0.717) is 16.8 Å². The van der Waals surface area contributed by atoms with Crippen LogP contribution in [0, 0.1) is 0 Å². The second-order valence-electron chi connectivity index (χ2n) is 9.37. The molecule has 196 valence electrons. The van der Waals surface area contributed by atoms with E-state index in [1.54, 1.807) is 39.0 Å². The van der Waals surface area contributed by atoms with Crippen molar-refractivity contribution in [3.63, 3.8) is 0 Å². The van der Waals surface area contributed by atoms with Crippen molar-refractivity contribution < 1.29 is 38.2 Å². The molecule has 0 bridgehead atoms. The van der Waals surface area contributed by atoms with Gasteiger partial charge >= 0.3 is 6.09 Å². The molecule has 0 radical (unpaired) electrons. The quantitative estimate of drug-likeness (QED) is 0.315. The molecule has 2 aliphatic rings. The molecule has 5 amide bonds. The Labute approximate surface area is 209 Å². The van der Waals surface area contributed by atoms with Crippen molar-refractivity contribution in [1.29, 1.82) is 0 Å². The Morgan fingerprint density at radius 3 is 2.58 bits per heavy atom. The first kappa shape index (κ1) is 27.1. The standard InChI is InChI=1S/C24H32N4O8/c1-24(2,3)36-23(33)25-9-10-34-11-12-35-14-20(30)26-17-6-4-5-15-16(17)13-28(22(15)32)18-7-8-19(29)27-21(18)31/h4-6,18H,7-14H2,1-3H3,(H,25,33)(H,26,30)(H,27,29,31). The van der Waals surface area contributed by atoms with E-state index in [1.807, 2.05) is 0 Å². The van der Waals surface area contributed by atoms with E-state index < -0.39 is 29.6 Å². The lowest BCUT2D eigenvalue weighted by atomic mass is 10.0. The molecule has 2 aliphatic heterocycles. The number of piperidine rings is 1. The summed E-state index contributed by atoms with van der Waals surface area (Å²) in [5.74, 6) is -1.56. The first-order valence-electron chi connectivity index (χ1n) is 11.7. The lowest BCUT2D eigenvalue weighted by Gasteiger charge is -2.29. The van der Waals surface area contributed by atoms with E-state index in [2.05, 4.69) is 16.0 Å². The van der Waals surface area contributed by atoms with Gasteiger partial charge in [-0.1, -0.05) is 6.07 Å². The topological polar surface area (TPSA) is 152 Å². The van der Waals surface area contributed by atoms with Crippen LogP contribution >= 0.6 is 0 Å². The highest BCUT2D eigenvalue weighted by Gasteiger charge is 2.39. The average molecular weight is 505 g/mol. The molecule has 1 saturated heterocycles. The zero-order chi connectivity index (χ0) is 26.3. The third kappa shape index (κ3) is 7.49. The maximum atomic E-state index is 12.9. The van der Waals surface area contributed by atoms with Crippen LogP contribution in [0.1, 0.15) is 49.5 Å². The molecule has 1 aromatic carbocycles. The molecule has 1 aromatic rings. The highest BCUT2D eigenvalue weighted by atomic mass is 16.6. The number of fused-ring (bicyclic) bond motifs is 1. The van der Waals surface area contributed by atoms with Gasteiger partial charge in [-0.2, -0.15) is 0 Å². The highest BCUT2D eigenvalue weighted by Crippen LogP contribution is 2.32. The number of carbonyl (C=O) groups is 5. The third-order valence-corrected chi connectivity index (χ3v) is 5.38. The van der Waals surface area contributed by atoms with E-state index in [4.69, 9.17) is 14.2 Å². The summed E-state index contributed by atoms with van der Waals surface area (Å²) < 4.78 is 15.8. The Balaban J connectivity index is 1.38. The molecule has 2 heterocycles. The van der Waals surface area contributed by atoms with Crippen molar-refractivity contribution in [1.82, 2.24) is 15.5 Å². The smallest absolute Gasteiger partial charge is 0.407 e. The molecule has 1 fully saturated rings. The van der Waals surface area contributed by atoms with E-state index in [9.17, 15) is 24.0 Å². The van der Waals surface area contributed by atoms with Crippen LogP contribution in [0.4, 0.5) is 10.5 Å². The van der Waals surface area contributed by atoms with Crippen LogP contribution in [0.5, 0.6) is 0 Å². The Kier molecular flexibility index (Phi) is 8.99. The van der Waals surface area contributed by atoms with Gasteiger partial charge in [0.15, 0.2) is 0 Å². The van der Waals surface area contributed by atoms with Gasteiger partial charge in [0.1, 0.15) is 18.2 Å². The van der Waals surface area contributed by atoms with Crippen LogP contribution < -0.4 is 16.0 Å². The minimum atomic E-state index is -0.728. The number of carbonyl (C=O) groups excluding carboxylic acids is 5. The predicted molar refractivity (Wildman–Crippen MR) is 127 cm³/mol. The van der Waals surface area contributed by atoms with E-state index >= 15 is 0 Å². The van der Waals surface area contributed by atoms with Gasteiger partial charge in [-0.15, -0.1) is 0 Å². The summed E-state index contributed by atoms with van der Waals surface area (Å²) in [6.07, 6.45) is -0.0890. The Bertz CT molecular complexity index is 1020. The predicted octanol–water partition coefficient (Wildman–Crippen LogP) is 0.944. The fourth-order valence-electron chi connectivity index (χ4n) is 3.81. The number of ether oxygens (including phenoxy) is 3. The van der Waals surface area contributed by atoms with Crippen LogP contribution in [0.25, 0.3) is 0 Å². The summed E-state index contributed by atoms with van der Waals surface area (Å²) in [5.41, 5.74) is 0.920. The van der Waals surface area contributed by atoms with Crippen molar-refractivity contribution >= 4 is 35.4 Å². The van der Waals surface area contributed by atoms with Gasteiger partial charge in [0, 0.05) is 36.3 Å². The Hall–Kier alpha value is -3.51. The number of amides is 5. The summed E-state index contributed by atoms with van der Waals surface area (Å²) in [5, 5.41) is 7.58. The number of benzene rings is 1. The molecular formula is C24H32N4O8. The maximum absolute atomic E-state index is 12.9. The van der Waals surface area contributed by atoms with E-state index in [0.717, 1.165) is 0 Å². The Morgan fingerprint density at radius 2 is 1.86 bits per heavy atom. The molecule has 0 saturated carbocycles. The second-order valence-corrected chi connectivity index (χ2v) is 9.37. The average Bonchev–Trinajstić information content (AvgIpc) is 3.12. The van der Waals surface area contributed by atoms with E-state index in [-0.39, 0.29) is 64.2 Å². The minimum absolute atomic E-state index is 0.156. The van der Waals surface area contributed by atoms with Crippen LogP contribution in [0.3, 0.4) is 0 Å². The van der Waals surface area contributed by atoms with Crippen molar-refractivity contribution in [2.75, 3.05) is 38.3 Å². The SMILES string of the molecule is CC(C)(C)OC(=O)NCCOCCOCC(=O)Nc1cccc2c1CN(C1CCC(=O)NC1=O)C2=O. The summed E-state index contributed by atoms with van der Waals surface area (Å²) >= 11 is 0. The van der Waals surface area contributed by atoms with Crippen molar-refractivity contribution in [3.05, 3.63) is 29.3 Å². The molecule has 12 nitrogen and oxygen atoms in total. The van der Waals surface area contributed by atoms with Crippen molar-refractivity contribution in [2.24, 2.45) is 0 Å². The van der Waals surface area contributed by atoms with Crippen LogP contribution in [0.15, 0.2) is 18.2 Å². The van der Waals surface area contributed by atoms with Gasteiger partial charge in [-0.25, -0.2) is 4.79 Å². The van der Waals surface area contributed by atoms with Gasteiger partial charge in [0.25, 0.3) is 5.91 Å². The van der Waals surface area contributed by atoms with Crippen molar-refractivity contribution in [3.8, 4) is 0 Å². The van der Waals surface area contributed by atoms with Gasteiger partial charge in [-0.05, 0) is 39.3 Å². The number of hydrogen-bond acceptors (Lipinski definition) is 8. The summed E-state index contributed by atoms with van der Waals surface area (Å²) in [4.78, 5) is 61.8. The lowest BCUT2D eigenvalue weighted by molar-refractivity contribution is -0.137. The largest absolute Gasteiger partial charge is 0.444 e. The fraction of sp³-hybridized carbons (Fsp3) is 0.542. The highest BCUT2D eigenvalue weighted by molar-refractivity contribution is 6.06. The molecule has 36 heavy (non-hydrogen) atoms. The molecule has 0 spiro atoms. The molecular weight excluding hydrogens is 472 g/mol. The first-order chi connectivity index (χ1) is 17.0. The number of hydrogen-bond donors (Lipinski definition) is 3. The molecule has 0 aromatic heterocycles. The molecule has 1 unspecified atom stereocenters. The van der Waals surface area contributed by atoms with Gasteiger partial charge in [-0.3, -0.25) is 24.5 Å². The summed E-state index contributed by atoms with van der Waals surface area (Å²) in [7, 11) is 0. The molecule has 0 aliphatic carbocycles. The first-order valence-corrected chi connectivity index (χ1v) is 11.7. The summed E-state index contributed by atoms with van der Waals surface area (Å²) in [6.45, 7) is 6.22. The number of nitrogens with one attached hydrogen (secondary N) is 3. The second kappa shape index (κ2) is 12.0. The molecule has 12 heteroatoms. The van der Waals surface area contributed by atoms with Crippen LogP contribution in [-0.2, 0) is 35.1 Å². The normalized spacial score (nSPS) is 17.5. The van der Waals surface area contributed by atoms with Crippen LogP contribution in [-0.4, -0.2) is 79.2 Å². The van der Waals surface area contributed by atoms with Gasteiger partial charge in [0.2, 0.25) is 17.7 Å². The molecule has 3 N–H and O–H groups in total. The zero-order valence-electron chi connectivity index (χ0n) is 20.7. The number of rotatable bonds is 10. The van der Waals surface area contributed by atoms with Crippen LogP contribution in [0.2, 0.25) is 0 Å².